The van der Waals surface area contributed by atoms with E-state index >= 15 is 0 Å². The van der Waals surface area contributed by atoms with E-state index in [1.165, 1.54) is 0 Å². The van der Waals surface area contributed by atoms with Crippen LogP contribution in [0.4, 0.5) is 0 Å². The van der Waals surface area contributed by atoms with E-state index < -0.39 is 8.32 Å². The van der Waals surface area contributed by atoms with Crippen LogP contribution in [0.1, 0.15) is 6.92 Å². The Morgan fingerprint density at radius 2 is 2.25 bits per heavy atom. The summed E-state index contributed by atoms with van der Waals surface area (Å²) in [5.41, 5.74) is 0. The molecule has 0 aromatic rings. The SMILES string of the molecule is CO[Si](C)(C)CN1OCC(C)O1. The summed E-state index contributed by atoms with van der Waals surface area (Å²) in [7, 11) is 0.146. The van der Waals surface area contributed by atoms with Gasteiger partial charge in [0.25, 0.3) is 0 Å². The third-order valence-electron chi connectivity index (χ3n) is 1.81. The second-order valence-electron chi connectivity index (χ2n) is 3.67. The van der Waals surface area contributed by atoms with E-state index in [9.17, 15) is 0 Å². The molecule has 1 fully saturated rings. The normalized spacial score (nSPS) is 26.5. The Labute approximate surface area is 74.4 Å². The summed E-state index contributed by atoms with van der Waals surface area (Å²) in [6.45, 7) is 6.89. The van der Waals surface area contributed by atoms with Gasteiger partial charge in [-0.15, -0.1) is 0 Å². The van der Waals surface area contributed by atoms with E-state index in [-0.39, 0.29) is 6.10 Å². The second-order valence-corrected chi connectivity index (χ2v) is 7.91. The van der Waals surface area contributed by atoms with Gasteiger partial charge in [-0.2, -0.15) is 0 Å². The molecule has 1 aliphatic rings. The zero-order chi connectivity index (χ0) is 9.19. The van der Waals surface area contributed by atoms with E-state index in [1.54, 1.807) is 12.3 Å². The minimum atomic E-state index is -1.60. The van der Waals surface area contributed by atoms with Gasteiger partial charge in [-0.3, -0.25) is 9.68 Å². The number of hydrogen-bond donors (Lipinski definition) is 0. The average Bonchev–Trinajstić information content (AvgIpc) is 2.35. The van der Waals surface area contributed by atoms with Crippen LogP contribution in [0.3, 0.4) is 0 Å². The van der Waals surface area contributed by atoms with Crippen LogP contribution in [0.15, 0.2) is 0 Å². The summed E-state index contributed by atoms with van der Waals surface area (Å²) >= 11 is 0. The summed E-state index contributed by atoms with van der Waals surface area (Å²) in [6, 6.07) is 0. The number of nitrogens with zero attached hydrogens (tertiary/aromatic N) is 1. The van der Waals surface area contributed by atoms with Crippen LogP contribution in [0.5, 0.6) is 0 Å². The van der Waals surface area contributed by atoms with Crippen molar-refractivity contribution in [1.82, 2.24) is 5.23 Å². The lowest BCUT2D eigenvalue weighted by atomic mass is 10.5. The molecule has 0 aromatic carbocycles. The maximum atomic E-state index is 5.37. The molecule has 0 amide bonds. The van der Waals surface area contributed by atoms with Gasteiger partial charge in [0.05, 0.1) is 12.8 Å². The highest BCUT2D eigenvalue weighted by molar-refractivity contribution is 6.71. The van der Waals surface area contributed by atoms with Crippen LogP contribution in [0, 0.1) is 0 Å². The fourth-order valence-electron chi connectivity index (χ4n) is 0.908. The molecule has 0 saturated carbocycles. The lowest BCUT2D eigenvalue weighted by Crippen LogP contribution is -2.42. The standard InChI is InChI=1S/C7H17NO3Si/c1-7-5-10-8(11-7)6-12(3,4)9-2/h7H,5-6H2,1-4H3. The molecular weight excluding hydrogens is 174 g/mol. The molecule has 0 aliphatic carbocycles. The molecule has 1 aliphatic heterocycles. The predicted octanol–water partition coefficient (Wildman–Crippen LogP) is 0.944. The Hall–Kier alpha value is 0.0569. The van der Waals surface area contributed by atoms with Gasteiger partial charge in [0.2, 0.25) is 8.32 Å². The Balaban J connectivity index is 2.32. The highest BCUT2D eigenvalue weighted by Gasteiger charge is 2.30. The minimum Gasteiger partial charge on any atom is -0.419 e. The fraction of sp³-hybridized carbons (Fsp3) is 1.00. The molecule has 1 unspecified atom stereocenters. The number of hydroxylamine groups is 2. The largest absolute Gasteiger partial charge is 0.419 e. The molecule has 72 valence electrons. The van der Waals surface area contributed by atoms with Gasteiger partial charge in [-0.1, -0.05) is 5.23 Å². The fourth-order valence-corrected chi connectivity index (χ4v) is 1.82. The first-order valence-electron chi connectivity index (χ1n) is 4.16. The van der Waals surface area contributed by atoms with Crippen LogP contribution in [0.2, 0.25) is 13.1 Å². The Kier molecular flexibility index (Phi) is 3.25. The van der Waals surface area contributed by atoms with Crippen LogP contribution < -0.4 is 0 Å². The summed E-state index contributed by atoms with van der Waals surface area (Å²) in [4.78, 5) is 10.6. The first-order valence-corrected chi connectivity index (χ1v) is 7.27. The summed E-state index contributed by atoms with van der Waals surface area (Å²) in [5, 5.41) is 1.56. The maximum absolute atomic E-state index is 5.37. The van der Waals surface area contributed by atoms with Crippen molar-refractivity contribution in [2.45, 2.75) is 26.1 Å². The molecule has 1 rings (SSSR count). The number of rotatable bonds is 3. The van der Waals surface area contributed by atoms with Gasteiger partial charge in [0.15, 0.2) is 0 Å². The van der Waals surface area contributed by atoms with Crippen LogP contribution >= 0.6 is 0 Å². The molecule has 1 heterocycles. The van der Waals surface area contributed by atoms with Crippen molar-refractivity contribution in [3.05, 3.63) is 0 Å². The molecule has 1 saturated heterocycles. The van der Waals surface area contributed by atoms with E-state index in [2.05, 4.69) is 13.1 Å². The molecule has 0 spiro atoms. The van der Waals surface area contributed by atoms with Crippen LogP contribution in [-0.4, -0.2) is 39.5 Å². The minimum absolute atomic E-state index is 0.173. The third-order valence-corrected chi connectivity index (χ3v) is 3.94. The topological polar surface area (TPSA) is 30.9 Å². The van der Waals surface area contributed by atoms with Gasteiger partial charge in [0.1, 0.15) is 6.10 Å². The Morgan fingerprint density at radius 3 is 2.67 bits per heavy atom. The molecular formula is C7H17NO3Si. The van der Waals surface area contributed by atoms with Gasteiger partial charge in [-0.05, 0) is 20.0 Å². The molecule has 0 aromatic heterocycles. The van der Waals surface area contributed by atoms with Crippen molar-refractivity contribution in [2.24, 2.45) is 0 Å². The van der Waals surface area contributed by atoms with Gasteiger partial charge >= 0.3 is 0 Å². The summed E-state index contributed by atoms with van der Waals surface area (Å²) in [6.07, 6.45) is 0.931. The maximum Gasteiger partial charge on any atom is 0.204 e. The molecule has 5 heteroatoms. The first-order chi connectivity index (χ1) is 5.53. The van der Waals surface area contributed by atoms with Gasteiger partial charge < -0.3 is 4.43 Å². The second kappa shape index (κ2) is 3.84. The molecule has 0 N–H and O–H groups in total. The Morgan fingerprint density at radius 1 is 1.58 bits per heavy atom. The zero-order valence-corrected chi connectivity index (χ0v) is 9.16. The first kappa shape index (κ1) is 10.1. The summed E-state index contributed by atoms with van der Waals surface area (Å²) < 4.78 is 5.37. The smallest absolute Gasteiger partial charge is 0.204 e. The van der Waals surface area contributed by atoms with Gasteiger partial charge in [-0.25, -0.2) is 0 Å². The van der Waals surface area contributed by atoms with Crippen LogP contribution in [-0.2, 0) is 14.1 Å². The molecule has 12 heavy (non-hydrogen) atoms. The van der Waals surface area contributed by atoms with Crippen molar-refractivity contribution in [3.63, 3.8) is 0 Å². The monoisotopic (exact) mass is 191 g/mol. The van der Waals surface area contributed by atoms with E-state index in [0.29, 0.717) is 6.61 Å². The summed E-state index contributed by atoms with van der Waals surface area (Å²) in [5.74, 6) is 0. The quantitative estimate of drug-likeness (QED) is 0.621. The molecule has 0 radical (unpaired) electrons. The number of hydrogen-bond acceptors (Lipinski definition) is 4. The molecule has 4 nitrogen and oxygen atoms in total. The van der Waals surface area contributed by atoms with E-state index in [0.717, 1.165) is 6.17 Å². The molecule has 1 atom stereocenters. The van der Waals surface area contributed by atoms with E-state index in [1.807, 2.05) is 6.92 Å². The predicted molar refractivity (Wildman–Crippen MR) is 47.7 cm³/mol. The Bertz CT molecular complexity index is 154. The zero-order valence-electron chi connectivity index (χ0n) is 8.16. The van der Waals surface area contributed by atoms with Crippen molar-refractivity contribution in [3.8, 4) is 0 Å². The lowest BCUT2D eigenvalue weighted by Gasteiger charge is -2.23. The third kappa shape index (κ3) is 2.84. The van der Waals surface area contributed by atoms with Crippen LogP contribution in [0.25, 0.3) is 0 Å². The molecule has 0 bridgehead atoms. The lowest BCUT2D eigenvalue weighted by molar-refractivity contribution is -0.297. The highest BCUT2D eigenvalue weighted by atomic mass is 28.4. The average molecular weight is 191 g/mol. The van der Waals surface area contributed by atoms with Crippen molar-refractivity contribution >= 4 is 8.32 Å². The van der Waals surface area contributed by atoms with Crippen molar-refractivity contribution in [2.75, 3.05) is 19.9 Å². The van der Waals surface area contributed by atoms with E-state index in [4.69, 9.17) is 14.1 Å². The van der Waals surface area contributed by atoms with Crippen molar-refractivity contribution < 1.29 is 14.1 Å². The van der Waals surface area contributed by atoms with Crippen molar-refractivity contribution in [1.29, 1.82) is 0 Å². The highest BCUT2D eigenvalue weighted by Crippen LogP contribution is 2.13. The van der Waals surface area contributed by atoms with Gasteiger partial charge in [0, 0.05) is 7.11 Å².